The smallest absolute Gasteiger partial charge is 0.305 e. The average Bonchev–Trinajstić information content (AvgIpc) is 2.30. The van der Waals surface area contributed by atoms with E-state index < -0.39 is 5.97 Å². The molecule has 92 valence electrons. The van der Waals surface area contributed by atoms with E-state index in [0.29, 0.717) is 12.1 Å². The van der Waals surface area contributed by atoms with Gasteiger partial charge in [-0.05, 0) is 31.2 Å². The fourth-order valence-electron chi connectivity index (χ4n) is 1.42. The van der Waals surface area contributed by atoms with Crippen molar-refractivity contribution in [2.75, 3.05) is 13.1 Å². The second-order valence-electron chi connectivity index (χ2n) is 3.58. The Bertz CT molecular complexity index is 399. The van der Waals surface area contributed by atoms with E-state index in [9.17, 15) is 9.59 Å². The lowest BCUT2D eigenvalue weighted by molar-refractivity contribution is -0.137. The van der Waals surface area contributed by atoms with Crippen LogP contribution < -0.4 is 0 Å². The van der Waals surface area contributed by atoms with E-state index >= 15 is 0 Å². The molecule has 0 aliphatic carbocycles. The van der Waals surface area contributed by atoms with Crippen molar-refractivity contribution in [2.24, 2.45) is 0 Å². The first-order valence-electron chi connectivity index (χ1n) is 5.34. The first-order valence-corrected chi connectivity index (χ1v) is 5.34. The molecule has 5 nitrogen and oxygen atoms in total. The van der Waals surface area contributed by atoms with Crippen molar-refractivity contribution in [1.82, 2.24) is 4.90 Å². The Kier molecular flexibility index (Phi) is 4.51. The number of rotatable bonds is 5. The largest absolute Gasteiger partial charge is 0.508 e. The number of hydrogen-bond donors (Lipinski definition) is 2. The molecule has 0 radical (unpaired) electrons. The van der Waals surface area contributed by atoms with Crippen LogP contribution in [0.5, 0.6) is 5.75 Å². The number of aromatic hydroxyl groups is 1. The summed E-state index contributed by atoms with van der Waals surface area (Å²) >= 11 is 0. The highest BCUT2D eigenvalue weighted by Crippen LogP contribution is 2.11. The molecule has 0 bridgehead atoms. The van der Waals surface area contributed by atoms with Crippen LogP contribution in [-0.4, -0.2) is 40.1 Å². The molecule has 1 aromatic carbocycles. The molecule has 0 unspecified atom stereocenters. The van der Waals surface area contributed by atoms with Gasteiger partial charge in [0.05, 0.1) is 6.42 Å². The predicted octanol–water partition coefficient (Wildman–Crippen LogP) is 1.33. The first kappa shape index (κ1) is 13.0. The summed E-state index contributed by atoms with van der Waals surface area (Å²) in [5.74, 6) is -1.06. The van der Waals surface area contributed by atoms with Gasteiger partial charge >= 0.3 is 5.97 Å². The van der Waals surface area contributed by atoms with Crippen molar-refractivity contribution in [1.29, 1.82) is 0 Å². The van der Waals surface area contributed by atoms with E-state index in [1.165, 1.54) is 29.2 Å². The summed E-state index contributed by atoms with van der Waals surface area (Å²) in [5.41, 5.74) is 0.440. The number of carboxylic acid groups (broad SMARTS) is 1. The maximum Gasteiger partial charge on any atom is 0.305 e. The number of carbonyl (C=O) groups is 2. The summed E-state index contributed by atoms with van der Waals surface area (Å²) in [4.78, 5) is 23.9. The Morgan fingerprint density at radius 3 is 2.29 bits per heavy atom. The minimum atomic E-state index is -0.929. The normalized spacial score (nSPS) is 9.94. The van der Waals surface area contributed by atoms with Crippen LogP contribution in [0.15, 0.2) is 24.3 Å². The van der Waals surface area contributed by atoms with Crippen LogP contribution in [0.3, 0.4) is 0 Å². The second-order valence-corrected chi connectivity index (χ2v) is 3.58. The van der Waals surface area contributed by atoms with Crippen LogP contribution in [0.2, 0.25) is 0 Å². The van der Waals surface area contributed by atoms with Gasteiger partial charge in [0.1, 0.15) is 5.75 Å². The monoisotopic (exact) mass is 237 g/mol. The summed E-state index contributed by atoms with van der Waals surface area (Å²) < 4.78 is 0. The number of hydrogen-bond acceptors (Lipinski definition) is 3. The van der Waals surface area contributed by atoms with Crippen LogP contribution in [-0.2, 0) is 4.79 Å². The van der Waals surface area contributed by atoms with Gasteiger partial charge in [0.15, 0.2) is 0 Å². The maximum atomic E-state index is 12.0. The molecule has 0 fully saturated rings. The summed E-state index contributed by atoms with van der Waals surface area (Å²) in [5, 5.41) is 17.7. The molecule has 5 heteroatoms. The van der Waals surface area contributed by atoms with Gasteiger partial charge in [-0.3, -0.25) is 9.59 Å². The van der Waals surface area contributed by atoms with Gasteiger partial charge in [-0.2, -0.15) is 0 Å². The highest BCUT2D eigenvalue weighted by Gasteiger charge is 2.14. The molecule has 1 aromatic rings. The Morgan fingerprint density at radius 1 is 1.24 bits per heavy atom. The fraction of sp³-hybridized carbons (Fsp3) is 0.333. The first-order chi connectivity index (χ1) is 8.04. The summed E-state index contributed by atoms with van der Waals surface area (Å²) in [7, 11) is 0. The Balaban J connectivity index is 2.71. The van der Waals surface area contributed by atoms with E-state index in [1.54, 1.807) is 6.92 Å². The molecule has 0 aliphatic heterocycles. The van der Waals surface area contributed by atoms with Crippen LogP contribution in [0.25, 0.3) is 0 Å². The minimum Gasteiger partial charge on any atom is -0.508 e. The fourth-order valence-corrected chi connectivity index (χ4v) is 1.42. The van der Waals surface area contributed by atoms with Crippen molar-refractivity contribution in [3.05, 3.63) is 29.8 Å². The molecule has 2 N–H and O–H groups in total. The molecule has 0 aromatic heterocycles. The van der Waals surface area contributed by atoms with Crippen molar-refractivity contribution in [2.45, 2.75) is 13.3 Å². The topological polar surface area (TPSA) is 77.8 Å². The number of amides is 1. The zero-order valence-corrected chi connectivity index (χ0v) is 9.59. The van der Waals surface area contributed by atoms with Crippen LogP contribution in [0, 0.1) is 0 Å². The number of aliphatic carboxylic acids is 1. The van der Waals surface area contributed by atoms with E-state index in [4.69, 9.17) is 10.2 Å². The zero-order chi connectivity index (χ0) is 12.8. The minimum absolute atomic E-state index is 0.0718. The molecule has 0 heterocycles. The number of benzene rings is 1. The van der Waals surface area contributed by atoms with Crippen molar-refractivity contribution >= 4 is 11.9 Å². The number of carboxylic acids is 1. The van der Waals surface area contributed by atoms with Crippen LogP contribution in [0.1, 0.15) is 23.7 Å². The van der Waals surface area contributed by atoms with Gasteiger partial charge in [0, 0.05) is 18.7 Å². The SMILES string of the molecule is CCN(CCC(=O)O)C(=O)c1ccc(O)cc1. The summed E-state index contributed by atoms with van der Waals surface area (Å²) in [6, 6.07) is 5.89. The lowest BCUT2D eigenvalue weighted by Crippen LogP contribution is -2.32. The molecular weight excluding hydrogens is 222 g/mol. The van der Waals surface area contributed by atoms with Crippen molar-refractivity contribution < 1.29 is 19.8 Å². The molecule has 0 spiro atoms. The highest BCUT2D eigenvalue weighted by atomic mass is 16.4. The van der Waals surface area contributed by atoms with Gasteiger partial charge in [0.25, 0.3) is 5.91 Å². The standard InChI is InChI=1S/C12H15NO4/c1-2-13(8-7-11(15)16)12(17)9-3-5-10(14)6-4-9/h3-6,14H,2,7-8H2,1H3,(H,15,16). The molecule has 0 atom stereocenters. The quantitative estimate of drug-likeness (QED) is 0.809. The number of nitrogens with zero attached hydrogens (tertiary/aromatic N) is 1. The maximum absolute atomic E-state index is 12.0. The highest BCUT2D eigenvalue weighted by molar-refractivity contribution is 5.94. The summed E-state index contributed by atoms with van der Waals surface area (Å²) in [6.07, 6.45) is -0.0718. The van der Waals surface area contributed by atoms with E-state index in [1.807, 2.05) is 0 Å². The van der Waals surface area contributed by atoms with Gasteiger partial charge in [-0.15, -0.1) is 0 Å². The molecule has 17 heavy (non-hydrogen) atoms. The van der Waals surface area contributed by atoms with Gasteiger partial charge in [-0.25, -0.2) is 0 Å². The van der Waals surface area contributed by atoms with Crippen LogP contribution in [0.4, 0.5) is 0 Å². The molecule has 0 saturated heterocycles. The zero-order valence-electron chi connectivity index (χ0n) is 9.59. The van der Waals surface area contributed by atoms with Crippen molar-refractivity contribution in [3.8, 4) is 5.75 Å². The molecular formula is C12H15NO4. The molecule has 0 saturated carbocycles. The Labute approximate surface area is 99.3 Å². The van der Waals surface area contributed by atoms with Gasteiger partial charge in [-0.1, -0.05) is 0 Å². The Hall–Kier alpha value is -2.04. The van der Waals surface area contributed by atoms with Crippen LogP contribution >= 0.6 is 0 Å². The third-order valence-corrected chi connectivity index (χ3v) is 2.38. The lowest BCUT2D eigenvalue weighted by Gasteiger charge is -2.19. The average molecular weight is 237 g/mol. The third-order valence-electron chi connectivity index (χ3n) is 2.38. The van der Waals surface area contributed by atoms with Crippen molar-refractivity contribution in [3.63, 3.8) is 0 Å². The van der Waals surface area contributed by atoms with E-state index in [0.717, 1.165) is 0 Å². The molecule has 0 aliphatic rings. The second kappa shape index (κ2) is 5.89. The summed E-state index contributed by atoms with van der Waals surface area (Å²) in [6.45, 7) is 2.43. The number of carbonyl (C=O) groups excluding carboxylic acids is 1. The van der Waals surface area contributed by atoms with E-state index in [2.05, 4.69) is 0 Å². The van der Waals surface area contributed by atoms with E-state index in [-0.39, 0.29) is 24.6 Å². The number of phenols is 1. The molecule has 1 rings (SSSR count). The van der Waals surface area contributed by atoms with Gasteiger partial charge in [0.2, 0.25) is 0 Å². The molecule has 1 amide bonds. The predicted molar refractivity (Wildman–Crippen MR) is 61.9 cm³/mol. The lowest BCUT2D eigenvalue weighted by atomic mass is 10.2. The number of phenolic OH excluding ortho intramolecular Hbond substituents is 1. The third kappa shape index (κ3) is 3.79. The Morgan fingerprint density at radius 2 is 1.82 bits per heavy atom. The van der Waals surface area contributed by atoms with Gasteiger partial charge < -0.3 is 15.1 Å².